The van der Waals surface area contributed by atoms with E-state index in [4.69, 9.17) is 0 Å². The topological polar surface area (TPSA) is 3.24 Å². The molecule has 0 bridgehead atoms. The lowest BCUT2D eigenvalue weighted by atomic mass is 9.99. The molecule has 1 rings (SSSR count). The summed E-state index contributed by atoms with van der Waals surface area (Å²) in [6, 6.07) is 1.72. The summed E-state index contributed by atoms with van der Waals surface area (Å²) in [6.45, 7) is 4.74. The van der Waals surface area contributed by atoms with Crippen LogP contribution in [0.15, 0.2) is 0 Å². The smallest absolute Gasteiger partial charge is 0.0205 e. The van der Waals surface area contributed by atoms with Gasteiger partial charge in [0.05, 0.1) is 0 Å². The summed E-state index contributed by atoms with van der Waals surface area (Å²) in [5.74, 6) is 0. The molecule has 0 aromatic rings. The standard InChI is InChI=1S/C8H19NSi/c1-7-4-3-5-8(2)9(7)6-10/h7-8H,3-6H2,1-2,10H3. The Morgan fingerprint density at radius 2 is 1.80 bits per heavy atom. The molecule has 0 aromatic heterocycles. The minimum absolute atomic E-state index is 0.862. The van der Waals surface area contributed by atoms with Gasteiger partial charge < -0.3 is 4.90 Å². The van der Waals surface area contributed by atoms with Crippen LogP contribution in [0.25, 0.3) is 0 Å². The van der Waals surface area contributed by atoms with E-state index >= 15 is 0 Å². The molecule has 60 valence electrons. The average Bonchev–Trinajstić information content (AvgIpc) is 1.88. The van der Waals surface area contributed by atoms with E-state index in [0.717, 1.165) is 12.1 Å². The van der Waals surface area contributed by atoms with Gasteiger partial charge in [0.1, 0.15) is 0 Å². The molecule has 1 fully saturated rings. The van der Waals surface area contributed by atoms with Crippen molar-refractivity contribution >= 4 is 10.2 Å². The van der Waals surface area contributed by atoms with E-state index in [0.29, 0.717) is 0 Å². The lowest BCUT2D eigenvalue weighted by Gasteiger charge is -2.38. The van der Waals surface area contributed by atoms with Crippen molar-refractivity contribution in [2.75, 3.05) is 6.17 Å². The Morgan fingerprint density at radius 1 is 1.30 bits per heavy atom. The lowest BCUT2D eigenvalue weighted by Crippen LogP contribution is -2.44. The van der Waals surface area contributed by atoms with Crippen molar-refractivity contribution in [2.45, 2.75) is 45.2 Å². The predicted molar refractivity (Wildman–Crippen MR) is 49.4 cm³/mol. The van der Waals surface area contributed by atoms with Gasteiger partial charge >= 0.3 is 0 Å². The third kappa shape index (κ3) is 1.61. The van der Waals surface area contributed by atoms with Crippen molar-refractivity contribution in [3.8, 4) is 0 Å². The molecular weight excluding hydrogens is 138 g/mol. The highest BCUT2D eigenvalue weighted by Crippen LogP contribution is 2.20. The van der Waals surface area contributed by atoms with Gasteiger partial charge in [-0.3, -0.25) is 0 Å². The molecule has 1 aliphatic heterocycles. The first-order valence-corrected chi connectivity index (χ1v) is 5.93. The molecule has 0 saturated carbocycles. The van der Waals surface area contributed by atoms with Crippen molar-refractivity contribution in [1.29, 1.82) is 0 Å². The molecule has 1 nitrogen and oxygen atoms in total. The maximum Gasteiger partial charge on any atom is 0.0205 e. The zero-order valence-electron chi connectivity index (χ0n) is 7.43. The van der Waals surface area contributed by atoms with Crippen LogP contribution in [0.1, 0.15) is 33.1 Å². The van der Waals surface area contributed by atoms with Gasteiger partial charge in [-0.25, -0.2) is 0 Å². The van der Waals surface area contributed by atoms with Crippen LogP contribution < -0.4 is 0 Å². The van der Waals surface area contributed by atoms with Crippen molar-refractivity contribution in [3.05, 3.63) is 0 Å². The van der Waals surface area contributed by atoms with Crippen molar-refractivity contribution in [1.82, 2.24) is 4.90 Å². The molecule has 0 spiro atoms. The van der Waals surface area contributed by atoms with Crippen LogP contribution in [0, 0.1) is 0 Å². The van der Waals surface area contributed by atoms with Gasteiger partial charge in [0.2, 0.25) is 0 Å². The summed E-state index contributed by atoms with van der Waals surface area (Å²) < 4.78 is 0. The Hall–Kier alpha value is 0.177. The minimum Gasteiger partial charge on any atom is -0.302 e. The van der Waals surface area contributed by atoms with E-state index in [9.17, 15) is 0 Å². The highest BCUT2D eigenvalue weighted by molar-refractivity contribution is 6.08. The summed E-state index contributed by atoms with van der Waals surface area (Å²) in [6.07, 6.45) is 5.65. The van der Waals surface area contributed by atoms with Crippen molar-refractivity contribution in [2.24, 2.45) is 0 Å². The second kappa shape index (κ2) is 3.53. The van der Waals surface area contributed by atoms with Gasteiger partial charge in [-0.15, -0.1) is 0 Å². The quantitative estimate of drug-likeness (QED) is 0.503. The Bertz CT molecular complexity index is 95.4. The Kier molecular flexibility index (Phi) is 2.92. The third-order valence-corrected chi connectivity index (χ3v) is 3.47. The first kappa shape index (κ1) is 8.28. The lowest BCUT2D eigenvalue weighted by molar-refractivity contribution is 0.127. The summed E-state index contributed by atoms with van der Waals surface area (Å²) >= 11 is 0. The molecular formula is C8H19NSi. The van der Waals surface area contributed by atoms with E-state index in [1.54, 1.807) is 0 Å². The van der Waals surface area contributed by atoms with E-state index < -0.39 is 0 Å². The predicted octanol–water partition coefficient (Wildman–Crippen LogP) is 0.572. The number of hydrogen-bond acceptors (Lipinski definition) is 1. The SMILES string of the molecule is CC1CCCC(C)N1C[SiH3]. The van der Waals surface area contributed by atoms with Gasteiger partial charge in [-0.1, -0.05) is 6.42 Å². The molecule has 0 radical (unpaired) electrons. The van der Waals surface area contributed by atoms with E-state index in [1.807, 2.05) is 0 Å². The van der Waals surface area contributed by atoms with E-state index in [-0.39, 0.29) is 0 Å². The number of nitrogens with zero attached hydrogens (tertiary/aromatic N) is 1. The fourth-order valence-corrected chi connectivity index (χ4v) is 3.34. The summed E-state index contributed by atoms with van der Waals surface area (Å²) in [4.78, 5) is 2.66. The second-order valence-electron chi connectivity index (χ2n) is 3.46. The van der Waals surface area contributed by atoms with Crippen LogP contribution in [0.5, 0.6) is 0 Å². The molecule has 0 aromatic carbocycles. The normalized spacial score (nSPS) is 36.6. The molecule has 10 heavy (non-hydrogen) atoms. The molecule has 0 aliphatic carbocycles. The first-order valence-electron chi connectivity index (χ1n) is 4.51. The van der Waals surface area contributed by atoms with Crippen LogP contribution in [-0.2, 0) is 0 Å². The summed E-state index contributed by atoms with van der Waals surface area (Å²) in [7, 11) is 1.33. The van der Waals surface area contributed by atoms with Gasteiger partial charge in [0, 0.05) is 22.3 Å². The number of piperidine rings is 1. The fraction of sp³-hybridized carbons (Fsp3) is 1.00. The molecule has 1 aliphatic rings. The molecule has 1 heterocycles. The summed E-state index contributed by atoms with van der Waals surface area (Å²) in [5, 5.41) is 0. The van der Waals surface area contributed by atoms with Crippen LogP contribution in [0.4, 0.5) is 0 Å². The highest BCUT2D eigenvalue weighted by Gasteiger charge is 2.22. The van der Waals surface area contributed by atoms with Gasteiger partial charge in [-0.05, 0) is 32.9 Å². The number of rotatable bonds is 1. The number of hydrogen-bond donors (Lipinski definition) is 0. The van der Waals surface area contributed by atoms with Gasteiger partial charge in [0.25, 0.3) is 0 Å². The monoisotopic (exact) mass is 157 g/mol. The average molecular weight is 157 g/mol. The maximum atomic E-state index is 2.66. The minimum atomic E-state index is 0.862. The second-order valence-corrected chi connectivity index (χ2v) is 4.09. The van der Waals surface area contributed by atoms with E-state index in [2.05, 4.69) is 18.7 Å². The molecule has 2 unspecified atom stereocenters. The van der Waals surface area contributed by atoms with Crippen LogP contribution in [0.3, 0.4) is 0 Å². The van der Waals surface area contributed by atoms with E-state index in [1.165, 1.54) is 35.7 Å². The van der Waals surface area contributed by atoms with Crippen molar-refractivity contribution in [3.63, 3.8) is 0 Å². The molecule has 2 heteroatoms. The maximum absolute atomic E-state index is 2.66. The third-order valence-electron chi connectivity index (χ3n) is 2.74. The molecule has 1 saturated heterocycles. The Morgan fingerprint density at radius 3 is 2.10 bits per heavy atom. The Balaban J connectivity index is 2.45. The first-order chi connectivity index (χ1) is 4.75. The largest absolute Gasteiger partial charge is 0.302 e. The molecule has 0 amide bonds. The molecule has 2 atom stereocenters. The van der Waals surface area contributed by atoms with Gasteiger partial charge in [-0.2, -0.15) is 0 Å². The highest BCUT2D eigenvalue weighted by atomic mass is 28.1. The van der Waals surface area contributed by atoms with Crippen molar-refractivity contribution < 1.29 is 0 Å². The zero-order chi connectivity index (χ0) is 7.56. The fourth-order valence-electron chi connectivity index (χ4n) is 2.10. The summed E-state index contributed by atoms with van der Waals surface area (Å²) in [5.41, 5.74) is 0. The van der Waals surface area contributed by atoms with Gasteiger partial charge in [0.15, 0.2) is 0 Å². The zero-order valence-corrected chi connectivity index (χ0v) is 9.43. The van der Waals surface area contributed by atoms with Crippen LogP contribution in [0.2, 0.25) is 0 Å². The number of likely N-dealkylation sites (tertiary alicyclic amines) is 1. The Labute approximate surface area is 67.2 Å². The van der Waals surface area contributed by atoms with Crippen LogP contribution in [-0.4, -0.2) is 33.4 Å². The molecule has 0 N–H and O–H groups in total. The van der Waals surface area contributed by atoms with Crippen LogP contribution >= 0.6 is 0 Å².